The monoisotopic (exact) mass is 424 g/mol. The molecule has 0 aliphatic carbocycles. The van der Waals surface area contributed by atoms with Crippen LogP contribution in [0.4, 0.5) is 0 Å². The summed E-state index contributed by atoms with van der Waals surface area (Å²) in [7, 11) is 0. The second kappa shape index (κ2) is 14.5. The average Bonchev–Trinajstić information content (AvgIpc) is 2.87. The normalized spacial score (nSPS) is 8.55. The number of terminal acetylenes is 1. The maximum absolute atomic E-state index is 5.15. The Hall–Kier alpha value is -4.44. The van der Waals surface area contributed by atoms with E-state index in [-0.39, 0.29) is 0 Å². The highest BCUT2D eigenvalue weighted by Crippen LogP contribution is 2.02. The maximum atomic E-state index is 5.15. The largest absolute Gasteiger partial charge is 0.115 e. The minimum absolute atomic E-state index is 0.945. The fourth-order valence-electron chi connectivity index (χ4n) is 2.62. The zero-order valence-corrected chi connectivity index (χ0v) is 19.5. The van der Waals surface area contributed by atoms with Crippen molar-refractivity contribution >= 4 is 0 Å². The Bertz CT molecular complexity index is 1250. The molecule has 0 saturated heterocycles. The molecule has 0 atom stereocenters. The summed E-state index contributed by atoms with van der Waals surface area (Å²) in [4.78, 5) is 0. The van der Waals surface area contributed by atoms with Gasteiger partial charge in [-0.1, -0.05) is 95.5 Å². The summed E-state index contributed by atoms with van der Waals surface area (Å²) >= 11 is 0. The van der Waals surface area contributed by atoms with Gasteiger partial charge in [-0.05, 0) is 69.3 Å². The standard InChI is InChI=1S/C15H12.2C9H8/c1-13-7-9-15(10-8-13)12-11-14-5-3-2-4-6-14;1-3-9-6-4-8(2)5-7-9;1-2-6-9-7-4-3-5-8-9/h2-10H,1H3;1,4-7H,2H3;3-5,7-8H,1H3. The van der Waals surface area contributed by atoms with Gasteiger partial charge in [0.15, 0.2) is 0 Å². The molecule has 0 aliphatic heterocycles. The molecule has 0 N–H and O–H groups in total. The summed E-state index contributed by atoms with van der Waals surface area (Å²) in [5, 5.41) is 0. The van der Waals surface area contributed by atoms with E-state index in [2.05, 4.69) is 48.7 Å². The van der Waals surface area contributed by atoms with Crippen molar-refractivity contribution in [3.05, 3.63) is 143 Å². The first-order chi connectivity index (χ1) is 16.1. The van der Waals surface area contributed by atoms with Crippen molar-refractivity contribution in [1.82, 2.24) is 0 Å². The van der Waals surface area contributed by atoms with E-state index in [4.69, 9.17) is 6.42 Å². The summed E-state index contributed by atoms with van der Waals surface area (Å²) in [5.41, 5.74) is 6.65. The van der Waals surface area contributed by atoms with Crippen LogP contribution < -0.4 is 0 Å². The lowest BCUT2D eigenvalue weighted by Crippen LogP contribution is -1.76. The molecule has 33 heavy (non-hydrogen) atoms. The topological polar surface area (TPSA) is 0 Å². The highest BCUT2D eigenvalue weighted by Gasteiger charge is 1.86. The van der Waals surface area contributed by atoms with Gasteiger partial charge in [0.2, 0.25) is 0 Å². The van der Waals surface area contributed by atoms with Gasteiger partial charge in [0, 0.05) is 22.3 Å². The minimum Gasteiger partial charge on any atom is -0.115 e. The molecule has 0 spiro atoms. The third-order valence-electron chi connectivity index (χ3n) is 4.44. The molecule has 0 nitrogen and oxygen atoms in total. The van der Waals surface area contributed by atoms with E-state index in [9.17, 15) is 0 Å². The molecule has 0 saturated carbocycles. The van der Waals surface area contributed by atoms with Crippen molar-refractivity contribution in [2.24, 2.45) is 0 Å². The quantitative estimate of drug-likeness (QED) is 0.258. The summed E-state index contributed by atoms with van der Waals surface area (Å²) in [6, 6.07) is 36.1. The molecular weight excluding hydrogens is 396 g/mol. The van der Waals surface area contributed by atoms with Crippen LogP contribution in [-0.4, -0.2) is 0 Å². The second-order valence-electron chi connectivity index (χ2n) is 7.23. The smallest absolute Gasteiger partial charge is 0.0249 e. The van der Waals surface area contributed by atoms with E-state index in [0.717, 1.165) is 22.3 Å². The van der Waals surface area contributed by atoms with E-state index < -0.39 is 0 Å². The van der Waals surface area contributed by atoms with Crippen molar-refractivity contribution in [1.29, 1.82) is 0 Å². The number of aryl methyl sites for hydroxylation is 2. The van der Waals surface area contributed by atoms with Gasteiger partial charge in [0.25, 0.3) is 0 Å². The van der Waals surface area contributed by atoms with Crippen LogP contribution in [0.3, 0.4) is 0 Å². The number of hydrogen-bond acceptors (Lipinski definition) is 0. The zero-order valence-electron chi connectivity index (χ0n) is 19.5. The molecule has 0 heterocycles. The fourth-order valence-corrected chi connectivity index (χ4v) is 2.62. The SMILES string of the molecule is C#Cc1ccc(C)cc1.CC#Cc1ccccc1.Cc1ccc(C#Cc2ccccc2)cc1. The molecule has 160 valence electrons. The van der Waals surface area contributed by atoms with E-state index in [1.54, 1.807) is 0 Å². The highest BCUT2D eigenvalue weighted by molar-refractivity contribution is 5.43. The first kappa shape index (κ1) is 24.8. The molecule has 4 rings (SSSR count). The lowest BCUT2D eigenvalue weighted by atomic mass is 10.1. The van der Waals surface area contributed by atoms with Crippen LogP contribution in [0.1, 0.15) is 40.3 Å². The van der Waals surface area contributed by atoms with Crippen LogP contribution in [0.5, 0.6) is 0 Å². The first-order valence-electron chi connectivity index (χ1n) is 10.8. The molecule has 0 fully saturated rings. The summed E-state index contributed by atoms with van der Waals surface area (Å²) in [6.07, 6.45) is 5.15. The Morgan fingerprint density at radius 1 is 0.455 bits per heavy atom. The molecule has 4 aromatic rings. The van der Waals surface area contributed by atoms with Crippen LogP contribution in [0.25, 0.3) is 0 Å². The summed E-state index contributed by atoms with van der Waals surface area (Å²) < 4.78 is 0. The molecule has 0 bridgehead atoms. The summed E-state index contributed by atoms with van der Waals surface area (Å²) in [5.74, 6) is 14.6. The molecule has 0 unspecified atom stereocenters. The van der Waals surface area contributed by atoms with Gasteiger partial charge in [-0.3, -0.25) is 0 Å². The van der Waals surface area contributed by atoms with Gasteiger partial charge in [-0.15, -0.1) is 12.3 Å². The van der Waals surface area contributed by atoms with E-state index in [1.165, 1.54) is 11.1 Å². The highest BCUT2D eigenvalue weighted by atomic mass is 13.9. The predicted octanol–water partition coefficient (Wildman–Crippen LogP) is 7.43. The van der Waals surface area contributed by atoms with Crippen molar-refractivity contribution < 1.29 is 0 Å². The second-order valence-corrected chi connectivity index (χ2v) is 7.23. The van der Waals surface area contributed by atoms with Crippen molar-refractivity contribution in [3.63, 3.8) is 0 Å². The predicted molar refractivity (Wildman–Crippen MR) is 142 cm³/mol. The maximum Gasteiger partial charge on any atom is 0.0249 e. The molecule has 0 radical (unpaired) electrons. The number of hydrogen-bond donors (Lipinski definition) is 0. The van der Waals surface area contributed by atoms with Gasteiger partial charge in [-0.2, -0.15) is 0 Å². The van der Waals surface area contributed by atoms with Crippen molar-refractivity contribution in [2.75, 3.05) is 0 Å². The van der Waals surface area contributed by atoms with Gasteiger partial charge in [-0.25, -0.2) is 0 Å². The van der Waals surface area contributed by atoms with E-state index in [0.29, 0.717) is 0 Å². The van der Waals surface area contributed by atoms with Crippen LogP contribution in [0.15, 0.2) is 109 Å². The number of rotatable bonds is 0. The van der Waals surface area contributed by atoms with Crippen LogP contribution in [0.2, 0.25) is 0 Å². The van der Waals surface area contributed by atoms with Crippen molar-refractivity contribution in [2.45, 2.75) is 20.8 Å². The van der Waals surface area contributed by atoms with Crippen LogP contribution >= 0.6 is 0 Å². The third kappa shape index (κ3) is 10.4. The Morgan fingerprint density at radius 2 is 0.818 bits per heavy atom. The molecule has 0 aromatic heterocycles. The van der Waals surface area contributed by atoms with Gasteiger partial charge < -0.3 is 0 Å². The Kier molecular flexibility index (Phi) is 10.9. The van der Waals surface area contributed by atoms with Crippen LogP contribution in [-0.2, 0) is 0 Å². The Morgan fingerprint density at radius 3 is 1.21 bits per heavy atom. The third-order valence-corrected chi connectivity index (χ3v) is 4.44. The lowest BCUT2D eigenvalue weighted by Gasteiger charge is -1.91. The van der Waals surface area contributed by atoms with Gasteiger partial charge in [0.1, 0.15) is 0 Å². The minimum atomic E-state index is 0.945. The number of benzene rings is 4. The summed E-state index contributed by atoms with van der Waals surface area (Å²) in [6.45, 7) is 5.96. The van der Waals surface area contributed by atoms with E-state index in [1.807, 2.05) is 111 Å². The Labute approximate surface area is 199 Å². The molecule has 4 aromatic carbocycles. The first-order valence-corrected chi connectivity index (χ1v) is 10.8. The zero-order chi connectivity index (χ0) is 23.7. The molecule has 0 aliphatic rings. The molecular formula is C33H28. The van der Waals surface area contributed by atoms with Gasteiger partial charge in [0.05, 0.1) is 0 Å². The molecule has 0 heteroatoms. The lowest BCUT2D eigenvalue weighted by molar-refractivity contribution is 1.46. The Balaban J connectivity index is 0.000000186. The fraction of sp³-hybridized carbons (Fsp3) is 0.0909. The average molecular weight is 425 g/mol. The van der Waals surface area contributed by atoms with E-state index >= 15 is 0 Å². The van der Waals surface area contributed by atoms with Crippen molar-refractivity contribution in [3.8, 4) is 36.0 Å². The van der Waals surface area contributed by atoms with Crippen LogP contribution in [0, 0.1) is 49.9 Å². The van der Waals surface area contributed by atoms with Gasteiger partial charge >= 0.3 is 0 Å². The molecule has 0 amide bonds.